The third-order valence-electron chi connectivity index (χ3n) is 4.17. The normalized spacial score (nSPS) is 10.5. The zero-order chi connectivity index (χ0) is 17.2. The molecule has 2 aromatic rings. The summed E-state index contributed by atoms with van der Waals surface area (Å²) in [6.45, 7) is 2.22. The number of hydrogen-bond acceptors (Lipinski definition) is 2. The van der Waals surface area contributed by atoms with Crippen LogP contribution >= 0.6 is 0 Å². The fourth-order valence-electron chi connectivity index (χ4n) is 2.99. The number of rotatable bonds is 9. The van der Waals surface area contributed by atoms with Gasteiger partial charge in [0.05, 0.1) is 0 Å². The summed E-state index contributed by atoms with van der Waals surface area (Å²) in [6.07, 6.45) is 7.10. The average Bonchev–Trinajstić information content (AvgIpc) is 2.58. The van der Waals surface area contributed by atoms with Gasteiger partial charge in [-0.05, 0) is 30.0 Å². The zero-order valence-corrected chi connectivity index (χ0v) is 14.3. The third-order valence-corrected chi connectivity index (χ3v) is 4.17. The summed E-state index contributed by atoms with van der Waals surface area (Å²) in [6, 6.07) is 15.5. The molecule has 3 nitrogen and oxygen atoms in total. The first-order valence-electron chi connectivity index (χ1n) is 8.80. The first kappa shape index (κ1) is 18.1. The maximum Gasteiger partial charge on any atom is 0.511 e. The van der Waals surface area contributed by atoms with Crippen LogP contribution in [0.25, 0.3) is 11.1 Å². The van der Waals surface area contributed by atoms with Crippen LogP contribution in [0.4, 0.5) is 4.79 Å². The molecule has 0 unspecified atom stereocenters. The number of ether oxygens (including phenoxy) is 1. The van der Waals surface area contributed by atoms with Gasteiger partial charge in [-0.15, -0.1) is 0 Å². The Balaban J connectivity index is 2.16. The van der Waals surface area contributed by atoms with E-state index in [1.807, 2.05) is 36.4 Å². The van der Waals surface area contributed by atoms with E-state index in [0.717, 1.165) is 29.5 Å². The quantitative estimate of drug-likeness (QED) is 0.333. The summed E-state index contributed by atoms with van der Waals surface area (Å²) in [7, 11) is 0. The number of aryl methyl sites for hydroxylation is 1. The lowest BCUT2D eigenvalue weighted by atomic mass is 9.94. The predicted octanol–water partition coefficient (Wildman–Crippen LogP) is 6.31. The Morgan fingerprint density at radius 1 is 0.917 bits per heavy atom. The van der Waals surface area contributed by atoms with Crippen LogP contribution in [0.1, 0.15) is 51.0 Å². The van der Waals surface area contributed by atoms with Crippen LogP contribution in [0.15, 0.2) is 48.5 Å². The van der Waals surface area contributed by atoms with Gasteiger partial charge in [-0.25, -0.2) is 4.79 Å². The summed E-state index contributed by atoms with van der Waals surface area (Å²) in [4.78, 5) is 11.0. The topological polar surface area (TPSA) is 46.5 Å². The maximum absolute atomic E-state index is 11.0. The molecular formula is C21H26O3. The monoisotopic (exact) mass is 326 g/mol. The Morgan fingerprint density at radius 3 is 2.33 bits per heavy atom. The Labute approximate surface area is 144 Å². The first-order valence-corrected chi connectivity index (χ1v) is 8.80. The molecule has 0 saturated heterocycles. The largest absolute Gasteiger partial charge is 0.511 e. The van der Waals surface area contributed by atoms with Crippen molar-refractivity contribution >= 4 is 6.16 Å². The van der Waals surface area contributed by atoms with E-state index >= 15 is 0 Å². The molecule has 0 aliphatic rings. The molecule has 0 fully saturated rings. The Kier molecular flexibility index (Phi) is 7.34. The van der Waals surface area contributed by atoms with Crippen molar-refractivity contribution in [3.05, 3.63) is 54.1 Å². The van der Waals surface area contributed by atoms with E-state index in [0.29, 0.717) is 5.75 Å². The van der Waals surface area contributed by atoms with Crippen molar-refractivity contribution in [3.8, 4) is 16.9 Å². The molecule has 0 aliphatic heterocycles. The van der Waals surface area contributed by atoms with E-state index < -0.39 is 6.16 Å². The Morgan fingerprint density at radius 2 is 1.62 bits per heavy atom. The summed E-state index contributed by atoms with van der Waals surface area (Å²) in [5, 5.41) is 9.00. The van der Waals surface area contributed by atoms with Crippen LogP contribution in [0.2, 0.25) is 0 Å². The van der Waals surface area contributed by atoms with Gasteiger partial charge in [0, 0.05) is 5.56 Å². The molecule has 0 atom stereocenters. The van der Waals surface area contributed by atoms with E-state index in [2.05, 4.69) is 13.0 Å². The van der Waals surface area contributed by atoms with Crippen molar-refractivity contribution in [2.45, 2.75) is 51.9 Å². The number of benzene rings is 2. The number of carboxylic acid groups (broad SMARTS) is 1. The van der Waals surface area contributed by atoms with Crippen molar-refractivity contribution < 1.29 is 14.6 Å². The van der Waals surface area contributed by atoms with E-state index in [1.54, 1.807) is 6.07 Å². The van der Waals surface area contributed by atoms with Crippen molar-refractivity contribution in [1.82, 2.24) is 0 Å². The summed E-state index contributed by atoms with van der Waals surface area (Å²) >= 11 is 0. The van der Waals surface area contributed by atoms with Gasteiger partial charge in [-0.1, -0.05) is 81.5 Å². The standard InChI is InChI=1S/C21H26O3/c1-2-3-4-5-6-8-12-18-15-11-16-19(24-21(22)23)20(18)17-13-9-7-10-14-17/h7,9-11,13-16H,2-6,8,12H2,1H3,(H,22,23). The molecule has 2 aromatic carbocycles. The minimum atomic E-state index is -1.27. The van der Waals surface area contributed by atoms with E-state index in [9.17, 15) is 4.79 Å². The van der Waals surface area contributed by atoms with Crippen LogP contribution in [0.5, 0.6) is 5.75 Å². The van der Waals surface area contributed by atoms with Gasteiger partial charge in [-0.2, -0.15) is 0 Å². The van der Waals surface area contributed by atoms with Gasteiger partial charge in [0.25, 0.3) is 0 Å². The summed E-state index contributed by atoms with van der Waals surface area (Å²) < 4.78 is 5.02. The molecule has 1 N–H and O–H groups in total. The minimum absolute atomic E-state index is 0.414. The maximum atomic E-state index is 11.0. The molecule has 0 spiro atoms. The Hall–Kier alpha value is -2.29. The molecular weight excluding hydrogens is 300 g/mol. The van der Waals surface area contributed by atoms with Gasteiger partial charge >= 0.3 is 6.16 Å². The van der Waals surface area contributed by atoms with Gasteiger partial charge in [-0.3, -0.25) is 0 Å². The minimum Gasteiger partial charge on any atom is -0.449 e. The number of unbranched alkanes of at least 4 members (excludes halogenated alkanes) is 5. The average molecular weight is 326 g/mol. The second-order valence-corrected chi connectivity index (χ2v) is 6.04. The van der Waals surface area contributed by atoms with Gasteiger partial charge in [0.15, 0.2) is 0 Å². The molecule has 24 heavy (non-hydrogen) atoms. The van der Waals surface area contributed by atoms with Crippen molar-refractivity contribution in [2.24, 2.45) is 0 Å². The molecule has 0 bridgehead atoms. The van der Waals surface area contributed by atoms with E-state index in [-0.39, 0.29) is 0 Å². The van der Waals surface area contributed by atoms with Gasteiger partial charge in [0.2, 0.25) is 0 Å². The molecule has 0 amide bonds. The SMILES string of the molecule is CCCCCCCCc1cccc(OC(=O)O)c1-c1ccccc1. The van der Waals surface area contributed by atoms with E-state index in [4.69, 9.17) is 9.84 Å². The number of hydrogen-bond donors (Lipinski definition) is 1. The highest BCUT2D eigenvalue weighted by Gasteiger charge is 2.14. The molecule has 0 aromatic heterocycles. The lowest BCUT2D eigenvalue weighted by molar-refractivity contribution is 0.144. The zero-order valence-electron chi connectivity index (χ0n) is 14.3. The van der Waals surface area contributed by atoms with E-state index in [1.165, 1.54) is 32.1 Å². The first-order chi connectivity index (χ1) is 11.7. The fourth-order valence-corrected chi connectivity index (χ4v) is 2.99. The van der Waals surface area contributed by atoms with Crippen LogP contribution < -0.4 is 4.74 Å². The van der Waals surface area contributed by atoms with Crippen molar-refractivity contribution in [3.63, 3.8) is 0 Å². The molecule has 0 heterocycles. The molecule has 3 heteroatoms. The van der Waals surface area contributed by atoms with Crippen molar-refractivity contribution in [2.75, 3.05) is 0 Å². The van der Waals surface area contributed by atoms with Crippen molar-refractivity contribution in [1.29, 1.82) is 0 Å². The number of carbonyl (C=O) groups is 1. The van der Waals surface area contributed by atoms with Gasteiger partial charge < -0.3 is 9.84 Å². The van der Waals surface area contributed by atoms with Gasteiger partial charge in [0.1, 0.15) is 5.75 Å². The third kappa shape index (κ3) is 5.41. The summed E-state index contributed by atoms with van der Waals surface area (Å²) in [5.41, 5.74) is 3.04. The van der Waals surface area contributed by atoms with Crippen LogP contribution in [-0.4, -0.2) is 11.3 Å². The highest BCUT2D eigenvalue weighted by atomic mass is 16.7. The fraction of sp³-hybridized carbons (Fsp3) is 0.381. The predicted molar refractivity (Wildman–Crippen MR) is 97.6 cm³/mol. The van der Waals surface area contributed by atoms with Crippen LogP contribution in [0, 0.1) is 0 Å². The lowest BCUT2D eigenvalue weighted by Gasteiger charge is -2.14. The molecule has 128 valence electrons. The molecule has 0 radical (unpaired) electrons. The molecule has 0 aliphatic carbocycles. The summed E-state index contributed by atoms with van der Waals surface area (Å²) in [5.74, 6) is 0.414. The van der Waals surface area contributed by atoms with Crippen LogP contribution in [-0.2, 0) is 6.42 Å². The van der Waals surface area contributed by atoms with Crippen LogP contribution in [0.3, 0.4) is 0 Å². The smallest absolute Gasteiger partial charge is 0.449 e. The lowest BCUT2D eigenvalue weighted by Crippen LogP contribution is -2.05. The Bertz CT molecular complexity index is 635. The second kappa shape index (κ2) is 9.76. The highest BCUT2D eigenvalue weighted by Crippen LogP contribution is 2.34. The molecule has 2 rings (SSSR count). The molecule has 0 saturated carbocycles. The highest BCUT2D eigenvalue weighted by molar-refractivity contribution is 5.77. The second-order valence-electron chi connectivity index (χ2n) is 6.04.